The molecule has 0 unspecified atom stereocenters. The largest absolute Gasteiger partial charge is 0.312 e. The number of carbonyl (C=O) groups is 1. The smallest absolute Gasteiger partial charge is 0.278 e. The Morgan fingerprint density at radius 1 is 1.43 bits per heavy atom. The Hall–Kier alpha value is -1.85. The molecule has 3 rings (SSSR count). The summed E-state index contributed by atoms with van der Waals surface area (Å²) in [6.45, 7) is 3.52. The van der Waals surface area contributed by atoms with Crippen LogP contribution in [0.1, 0.15) is 27.3 Å². The van der Waals surface area contributed by atoms with Gasteiger partial charge in [-0.1, -0.05) is 17.7 Å². The molecule has 0 fully saturated rings. The van der Waals surface area contributed by atoms with E-state index in [-0.39, 0.29) is 5.91 Å². The van der Waals surface area contributed by atoms with Crippen molar-refractivity contribution in [3.63, 3.8) is 0 Å². The van der Waals surface area contributed by atoms with Crippen LogP contribution in [0.25, 0.3) is 0 Å². The molecule has 0 saturated carbocycles. The van der Waals surface area contributed by atoms with Crippen molar-refractivity contribution in [3.05, 3.63) is 45.7 Å². The maximum Gasteiger partial charge on any atom is 0.278 e. The standard InChI is InChI=1S/C15H17ClN4O/c1-9-3-4-10(7-12(9)16)20(2)15(21)14-11-8-17-6-5-13(11)18-19-14/h3-4,7,17H,5-6,8H2,1-2H3,(H,18,19). The molecule has 2 N–H and O–H groups in total. The van der Waals surface area contributed by atoms with Gasteiger partial charge in [0.15, 0.2) is 5.69 Å². The zero-order chi connectivity index (χ0) is 15.0. The number of halogens is 1. The van der Waals surface area contributed by atoms with Crippen LogP contribution >= 0.6 is 11.6 Å². The average molecular weight is 305 g/mol. The second-order valence-corrected chi connectivity index (χ2v) is 5.66. The summed E-state index contributed by atoms with van der Waals surface area (Å²) >= 11 is 6.13. The Morgan fingerprint density at radius 2 is 2.24 bits per heavy atom. The highest BCUT2D eigenvalue weighted by Crippen LogP contribution is 2.24. The molecule has 0 aliphatic carbocycles. The van der Waals surface area contributed by atoms with Gasteiger partial charge in [0.25, 0.3) is 5.91 Å². The maximum absolute atomic E-state index is 12.6. The number of aromatic nitrogens is 2. The van der Waals surface area contributed by atoms with Crippen LogP contribution in [0.5, 0.6) is 0 Å². The number of fused-ring (bicyclic) bond motifs is 1. The summed E-state index contributed by atoms with van der Waals surface area (Å²) in [6.07, 6.45) is 0.871. The van der Waals surface area contributed by atoms with Crippen molar-refractivity contribution < 1.29 is 4.79 Å². The van der Waals surface area contributed by atoms with E-state index < -0.39 is 0 Å². The second kappa shape index (κ2) is 5.50. The SMILES string of the molecule is Cc1ccc(N(C)C(=O)c2n[nH]c3c2CNCC3)cc1Cl. The molecule has 5 nitrogen and oxygen atoms in total. The monoisotopic (exact) mass is 304 g/mol. The lowest BCUT2D eigenvalue weighted by Crippen LogP contribution is -2.30. The molecular formula is C15H17ClN4O. The first-order chi connectivity index (χ1) is 10.1. The predicted octanol–water partition coefficient (Wildman–Crippen LogP) is 2.29. The summed E-state index contributed by atoms with van der Waals surface area (Å²) < 4.78 is 0. The molecule has 0 saturated heterocycles. The molecule has 2 heterocycles. The minimum atomic E-state index is -0.129. The van der Waals surface area contributed by atoms with Crippen molar-refractivity contribution in [1.82, 2.24) is 15.5 Å². The lowest BCUT2D eigenvalue weighted by molar-refractivity contribution is 0.0987. The van der Waals surface area contributed by atoms with Crippen LogP contribution in [-0.2, 0) is 13.0 Å². The van der Waals surface area contributed by atoms with E-state index in [1.807, 2.05) is 19.1 Å². The third-order valence-electron chi connectivity index (χ3n) is 3.86. The summed E-state index contributed by atoms with van der Waals surface area (Å²) in [5.41, 5.74) is 4.25. The number of hydrogen-bond donors (Lipinski definition) is 2. The number of rotatable bonds is 2. The number of H-pyrrole nitrogens is 1. The zero-order valence-electron chi connectivity index (χ0n) is 12.0. The average Bonchev–Trinajstić information content (AvgIpc) is 2.92. The van der Waals surface area contributed by atoms with E-state index in [4.69, 9.17) is 11.6 Å². The highest BCUT2D eigenvalue weighted by Gasteiger charge is 2.24. The molecule has 1 aromatic carbocycles. The van der Waals surface area contributed by atoms with Crippen molar-refractivity contribution in [2.45, 2.75) is 19.9 Å². The number of carbonyl (C=O) groups excluding carboxylic acids is 1. The van der Waals surface area contributed by atoms with E-state index in [0.29, 0.717) is 17.3 Å². The Balaban J connectivity index is 1.90. The Bertz CT molecular complexity index is 695. The lowest BCUT2D eigenvalue weighted by Gasteiger charge is -2.19. The topological polar surface area (TPSA) is 61.0 Å². The van der Waals surface area contributed by atoms with Crippen molar-refractivity contribution in [2.75, 3.05) is 18.5 Å². The summed E-state index contributed by atoms with van der Waals surface area (Å²) in [7, 11) is 1.74. The van der Waals surface area contributed by atoms with Crippen LogP contribution in [0, 0.1) is 6.92 Å². The second-order valence-electron chi connectivity index (χ2n) is 5.25. The molecule has 1 aliphatic heterocycles. The van der Waals surface area contributed by atoms with E-state index in [9.17, 15) is 4.79 Å². The number of nitrogens with one attached hydrogen (secondary N) is 2. The summed E-state index contributed by atoms with van der Waals surface area (Å²) in [5, 5.41) is 11.1. The molecule has 0 spiro atoms. The van der Waals surface area contributed by atoms with Gasteiger partial charge in [0.2, 0.25) is 0 Å². The number of hydrogen-bond acceptors (Lipinski definition) is 3. The molecule has 1 amide bonds. The fourth-order valence-electron chi connectivity index (χ4n) is 2.47. The normalized spacial score (nSPS) is 13.9. The van der Waals surface area contributed by atoms with Gasteiger partial charge in [-0.25, -0.2) is 0 Å². The molecule has 1 aliphatic rings. The number of amides is 1. The van der Waals surface area contributed by atoms with Gasteiger partial charge in [0.05, 0.1) is 0 Å². The number of nitrogens with zero attached hydrogens (tertiary/aromatic N) is 2. The lowest BCUT2D eigenvalue weighted by atomic mass is 10.1. The van der Waals surface area contributed by atoms with Gasteiger partial charge in [-0.05, 0) is 24.6 Å². The van der Waals surface area contributed by atoms with Crippen LogP contribution in [0.2, 0.25) is 5.02 Å². The minimum absolute atomic E-state index is 0.129. The van der Waals surface area contributed by atoms with Gasteiger partial charge in [-0.3, -0.25) is 9.89 Å². The fraction of sp³-hybridized carbons (Fsp3) is 0.333. The van der Waals surface area contributed by atoms with Gasteiger partial charge >= 0.3 is 0 Å². The van der Waals surface area contributed by atoms with Crippen LogP contribution in [-0.4, -0.2) is 29.7 Å². The van der Waals surface area contributed by atoms with E-state index in [1.54, 1.807) is 18.0 Å². The van der Waals surface area contributed by atoms with Gasteiger partial charge in [-0.15, -0.1) is 0 Å². The molecular weight excluding hydrogens is 288 g/mol. The maximum atomic E-state index is 12.6. The minimum Gasteiger partial charge on any atom is -0.312 e. The summed E-state index contributed by atoms with van der Waals surface area (Å²) in [4.78, 5) is 14.2. The predicted molar refractivity (Wildman–Crippen MR) is 82.9 cm³/mol. The first-order valence-electron chi connectivity index (χ1n) is 6.89. The summed E-state index contributed by atoms with van der Waals surface area (Å²) in [5.74, 6) is -0.129. The molecule has 1 aromatic heterocycles. The Labute approximate surface area is 128 Å². The molecule has 0 bridgehead atoms. The fourth-order valence-corrected chi connectivity index (χ4v) is 2.64. The van der Waals surface area contributed by atoms with Gasteiger partial charge < -0.3 is 10.2 Å². The van der Waals surface area contributed by atoms with Crippen molar-refractivity contribution in [2.24, 2.45) is 0 Å². The van der Waals surface area contributed by atoms with Crippen molar-refractivity contribution in [3.8, 4) is 0 Å². The van der Waals surface area contributed by atoms with Crippen LogP contribution < -0.4 is 10.2 Å². The number of benzene rings is 1. The Morgan fingerprint density at radius 3 is 3.00 bits per heavy atom. The highest BCUT2D eigenvalue weighted by atomic mass is 35.5. The molecule has 110 valence electrons. The zero-order valence-corrected chi connectivity index (χ0v) is 12.8. The first-order valence-corrected chi connectivity index (χ1v) is 7.26. The first kappa shape index (κ1) is 14.1. The molecule has 2 aromatic rings. The van der Waals surface area contributed by atoms with E-state index in [2.05, 4.69) is 15.5 Å². The molecule has 21 heavy (non-hydrogen) atoms. The third-order valence-corrected chi connectivity index (χ3v) is 4.26. The van der Waals surface area contributed by atoms with Crippen LogP contribution in [0.15, 0.2) is 18.2 Å². The number of aryl methyl sites for hydroxylation is 1. The summed E-state index contributed by atoms with van der Waals surface area (Å²) in [6, 6.07) is 5.59. The third kappa shape index (κ3) is 2.54. The van der Waals surface area contributed by atoms with E-state index in [1.165, 1.54) is 0 Å². The van der Waals surface area contributed by atoms with Crippen molar-refractivity contribution >= 4 is 23.2 Å². The highest BCUT2D eigenvalue weighted by molar-refractivity contribution is 6.31. The van der Waals surface area contributed by atoms with Gasteiger partial charge in [0, 0.05) is 48.5 Å². The van der Waals surface area contributed by atoms with Crippen LogP contribution in [0.3, 0.4) is 0 Å². The molecule has 0 radical (unpaired) electrons. The number of anilines is 1. The molecule has 6 heteroatoms. The van der Waals surface area contributed by atoms with Gasteiger partial charge in [-0.2, -0.15) is 5.10 Å². The van der Waals surface area contributed by atoms with Crippen molar-refractivity contribution in [1.29, 1.82) is 0 Å². The van der Waals surface area contributed by atoms with E-state index >= 15 is 0 Å². The van der Waals surface area contributed by atoms with E-state index in [0.717, 1.165) is 35.5 Å². The van der Waals surface area contributed by atoms with Gasteiger partial charge in [0.1, 0.15) is 0 Å². The Kier molecular flexibility index (Phi) is 3.69. The number of aromatic amines is 1. The quantitative estimate of drug-likeness (QED) is 0.895. The molecule has 0 atom stereocenters. The van der Waals surface area contributed by atoms with Crippen LogP contribution in [0.4, 0.5) is 5.69 Å².